The van der Waals surface area contributed by atoms with Crippen molar-refractivity contribution in [2.45, 2.75) is 6.42 Å². The Morgan fingerprint density at radius 3 is 2.79 bits per heavy atom. The molecule has 0 saturated carbocycles. The minimum absolute atomic E-state index is 0.184. The maximum absolute atomic E-state index is 10.2. The smallest absolute Gasteiger partial charge is 0.315 e. The third-order valence-electron chi connectivity index (χ3n) is 1.46. The van der Waals surface area contributed by atoms with Gasteiger partial charge in [0.2, 0.25) is 0 Å². The van der Waals surface area contributed by atoms with E-state index in [1.165, 1.54) is 0 Å². The van der Waals surface area contributed by atoms with Crippen LogP contribution in [0.5, 0.6) is 0 Å². The van der Waals surface area contributed by atoms with Crippen molar-refractivity contribution in [2.24, 2.45) is 0 Å². The number of carbonyl (C=O) groups is 1. The molecular weight excluding hydrogens is 178 g/mol. The molecule has 0 aliphatic heterocycles. The quantitative estimate of drug-likeness (QED) is 0.672. The van der Waals surface area contributed by atoms with Gasteiger partial charge in [0.1, 0.15) is 6.42 Å². The third kappa shape index (κ3) is 3.00. The molecule has 68 valence electrons. The maximum atomic E-state index is 10.2. The number of aliphatic carboxylic acids is 1. The molecule has 1 aromatic rings. The fourth-order valence-corrected chi connectivity index (χ4v) is 0.888. The molecule has 0 aliphatic carbocycles. The first-order chi connectivity index (χ1) is 6.72. The molecule has 1 aromatic carbocycles. The molecule has 3 nitrogen and oxygen atoms in total. The average molecular weight is 185 g/mol. The van der Waals surface area contributed by atoms with E-state index < -0.39 is 5.97 Å². The summed E-state index contributed by atoms with van der Waals surface area (Å²) in [6, 6.07) is 8.71. The minimum Gasteiger partial charge on any atom is -0.481 e. The predicted octanol–water partition coefficient (Wildman–Crippen LogP) is 1.38. The van der Waals surface area contributed by atoms with E-state index in [4.69, 9.17) is 10.4 Å². The molecule has 0 radical (unpaired) electrons. The predicted molar refractivity (Wildman–Crippen MR) is 50.3 cm³/mol. The minimum atomic E-state index is -0.950. The molecule has 0 amide bonds. The van der Waals surface area contributed by atoms with E-state index in [0.29, 0.717) is 11.1 Å². The summed E-state index contributed by atoms with van der Waals surface area (Å²) in [7, 11) is 0. The Morgan fingerprint density at radius 1 is 1.43 bits per heavy atom. The van der Waals surface area contributed by atoms with Crippen molar-refractivity contribution in [1.29, 1.82) is 5.26 Å². The molecule has 0 atom stereocenters. The van der Waals surface area contributed by atoms with E-state index in [1.807, 2.05) is 6.07 Å². The van der Waals surface area contributed by atoms with Crippen LogP contribution in [0.15, 0.2) is 24.3 Å². The molecule has 1 rings (SSSR count). The molecule has 0 aromatic heterocycles. The number of carboxylic acid groups (broad SMARTS) is 1. The van der Waals surface area contributed by atoms with Gasteiger partial charge in [-0.15, -0.1) is 0 Å². The van der Waals surface area contributed by atoms with E-state index in [9.17, 15) is 4.79 Å². The SMILES string of the molecule is N#Cc1cccc(C#CCC(=O)O)c1. The Morgan fingerprint density at radius 2 is 2.14 bits per heavy atom. The van der Waals surface area contributed by atoms with Gasteiger partial charge >= 0.3 is 5.97 Å². The van der Waals surface area contributed by atoms with Crippen molar-refractivity contribution in [2.75, 3.05) is 0 Å². The van der Waals surface area contributed by atoms with Crippen molar-refractivity contribution >= 4 is 5.97 Å². The first-order valence-electron chi connectivity index (χ1n) is 3.93. The van der Waals surface area contributed by atoms with Gasteiger partial charge in [-0.25, -0.2) is 0 Å². The van der Waals surface area contributed by atoms with Crippen molar-refractivity contribution in [3.63, 3.8) is 0 Å². The van der Waals surface area contributed by atoms with Gasteiger partial charge < -0.3 is 5.11 Å². The van der Waals surface area contributed by atoms with Gasteiger partial charge in [0.05, 0.1) is 11.6 Å². The molecule has 0 saturated heterocycles. The molecule has 0 bridgehead atoms. The fraction of sp³-hybridized carbons (Fsp3) is 0.0909. The van der Waals surface area contributed by atoms with E-state index in [-0.39, 0.29) is 6.42 Å². The zero-order valence-corrected chi connectivity index (χ0v) is 7.32. The van der Waals surface area contributed by atoms with Gasteiger partial charge in [-0.1, -0.05) is 17.9 Å². The lowest BCUT2D eigenvalue weighted by atomic mass is 10.1. The van der Waals surface area contributed by atoms with Crippen LogP contribution in [-0.2, 0) is 4.79 Å². The Balaban J connectivity index is 2.80. The highest BCUT2D eigenvalue weighted by Crippen LogP contribution is 2.01. The highest BCUT2D eigenvalue weighted by molar-refractivity contribution is 5.70. The van der Waals surface area contributed by atoms with Crippen LogP contribution in [-0.4, -0.2) is 11.1 Å². The van der Waals surface area contributed by atoms with E-state index in [1.54, 1.807) is 24.3 Å². The second kappa shape index (κ2) is 4.69. The van der Waals surface area contributed by atoms with Gasteiger partial charge in [-0.3, -0.25) is 4.79 Å². The first kappa shape index (κ1) is 9.83. The molecule has 14 heavy (non-hydrogen) atoms. The molecular formula is C11H7NO2. The van der Waals surface area contributed by atoms with Gasteiger partial charge in [-0.2, -0.15) is 5.26 Å². The molecule has 0 fully saturated rings. The molecule has 0 heterocycles. The highest BCUT2D eigenvalue weighted by Gasteiger charge is 1.91. The first-order valence-corrected chi connectivity index (χ1v) is 3.93. The molecule has 0 unspecified atom stereocenters. The summed E-state index contributed by atoms with van der Waals surface area (Å²) < 4.78 is 0. The summed E-state index contributed by atoms with van der Waals surface area (Å²) in [6.45, 7) is 0. The van der Waals surface area contributed by atoms with Gasteiger partial charge in [0.15, 0.2) is 0 Å². The van der Waals surface area contributed by atoms with Crippen LogP contribution in [0, 0.1) is 23.2 Å². The van der Waals surface area contributed by atoms with Crippen molar-refractivity contribution in [1.82, 2.24) is 0 Å². The second-order valence-electron chi connectivity index (χ2n) is 2.56. The average Bonchev–Trinajstić information content (AvgIpc) is 2.18. The molecule has 0 aliphatic rings. The fourth-order valence-electron chi connectivity index (χ4n) is 0.888. The Hall–Kier alpha value is -2.26. The number of nitriles is 1. The van der Waals surface area contributed by atoms with Crippen LogP contribution in [0.3, 0.4) is 0 Å². The zero-order chi connectivity index (χ0) is 10.4. The lowest BCUT2D eigenvalue weighted by Crippen LogP contribution is -1.90. The monoisotopic (exact) mass is 185 g/mol. The van der Waals surface area contributed by atoms with Crippen molar-refractivity contribution in [3.8, 4) is 17.9 Å². The van der Waals surface area contributed by atoms with Crippen LogP contribution in [0.1, 0.15) is 17.5 Å². The summed E-state index contributed by atoms with van der Waals surface area (Å²) >= 11 is 0. The maximum Gasteiger partial charge on any atom is 0.315 e. The topological polar surface area (TPSA) is 61.1 Å². The Kier molecular flexibility index (Phi) is 3.29. The molecule has 1 N–H and O–H groups in total. The largest absolute Gasteiger partial charge is 0.481 e. The van der Waals surface area contributed by atoms with Crippen LogP contribution in [0.25, 0.3) is 0 Å². The Labute approximate surface area is 81.6 Å². The molecule has 3 heteroatoms. The number of carboxylic acids is 1. The number of hydrogen-bond donors (Lipinski definition) is 1. The molecule has 0 spiro atoms. The summed E-state index contributed by atoms with van der Waals surface area (Å²) in [6.07, 6.45) is -0.184. The van der Waals surface area contributed by atoms with E-state index >= 15 is 0 Å². The van der Waals surface area contributed by atoms with E-state index in [2.05, 4.69) is 11.8 Å². The second-order valence-corrected chi connectivity index (χ2v) is 2.56. The van der Waals surface area contributed by atoms with Crippen molar-refractivity contribution in [3.05, 3.63) is 35.4 Å². The summed E-state index contributed by atoms with van der Waals surface area (Å²) in [5.41, 5.74) is 1.18. The van der Waals surface area contributed by atoms with Crippen LogP contribution >= 0.6 is 0 Å². The normalized spacial score (nSPS) is 8.21. The van der Waals surface area contributed by atoms with Gasteiger partial charge in [-0.05, 0) is 18.2 Å². The summed E-state index contributed by atoms with van der Waals surface area (Å²) in [4.78, 5) is 10.2. The van der Waals surface area contributed by atoms with Crippen LogP contribution in [0.4, 0.5) is 0 Å². The summed E-state index contributed by atoms with van der Waals surface area (Å²) in [5, 5.41) is 16.9. The van der Waals surface area contributed by atoms with Gasteiger partial charge in [0, 0.05) is 5.56 Å². The van der Waals surface area contributed by atoms with Gasteiger partial charge in [0.25, 0.3) is 0 Å². The highest BCUT2D eigenvalue weighted by atomic mass is 16.4. The third-order valence-corrected chi connectivity index (χ3v) is 1.46. The van der Waals surface area contributed by atoms with Crippen LogP contribution in [0.2, 0.25) is 0 Å². The van der Waals surface area contributed by atoms with Crippen LogP contribution < -0.4 is 0 Å². The number of rotatable bonds is 1. The standard InChI is InChI=1S/C11H7NO2/c12-8-10-5-1-3-9(7-10)4-2-6-11(13)14/h1,3,5,7H,6H2,(H,13,14). The summed E-state index contributed by atoms with van der Waals surface area (Å²) in [5.74, 6) is 4.21. The zero-order valence-electron chi connectivity index (χ0n) is 7.32. The lowest BCUT2D eigenvalue weighted by Gasteiger charge is -1.89. The number of nitrogens with zero attached hydrogens (tertiary/aromatic N) is 1. The van der Waals surface area contributed by atoms with Crippen molar-refractivity contribution < 1.29 is 9.90 Å². The Bertz CT molecular complexity index is 446. The van der Waals surface area contributed by atoms with E-state index in [0.717, 1.165) is 0 Å². The number of benzene rings is 1. The lowest BCUT2D eigenvalue weighted by molar-refractivity contribution is -0.135. The number of hydrogen-bond acceptors (Lipinski definition) is 2.